The van der Waals surface area contributed by atoms with Gasteiger partial charge in [-0.15, -0.1) is 0 Å². The lowest BCUT2D eigenvalue weighted by Crippen LogP contribution is -2.37. The van der Waals surface area contributed by atoms with Crippen LogP contribution in [0.25, 0.3) is 0 Å². The Morgan fingerprint density at radius 1 is 1.21 bits per heavy atom. The van der Waals surface area contributed by atoms with Crippen LogP contribution in [0.15, 0.2) is 24.3 Å². The highest BCUT2D eigenvalue weighted by molar-refractivity contribution is 5.97. The second-order valence-electron chi connectivity index (χ2n) is 4.72. The van der Waals surface area contributed by atoms with Crippen LogP contribution in [-0.4, -0.2) is 23.0 Å². The Morgan fingerprint density at radius 2 is 1.79 bits per heavy atom. The molecule has 19 heavy (non-hydrogen) atoms. The average Bonchev–Trinajstić information content (AvgIpc) is 2.40. The second-order valence-corrected chi connectivity index (χ2v) is 4.72. The molecule has 1 unspecified atom stereocenters. The molecule has 1 atom stereocenters. The zero-order valence-electron chi connectivity index (χ0n) is 11.6. The van der Waals surface area contributed by atoms with Crippen LogP contribution in [0.3, 0.4) is 0 Å². The number of benzene rings is 1. The van der Waals surface area contributed by atoms with Gasteiger partial charge in [-0.3, -0.25) is 4.79 Å². The Labute approximate surface area is 113 Å². The van der Waals surface area contributed by atoms with Crippen LogP contribution < -0.4 is 5.32 Å². The monoisotopic (exact) mass is 263 g/mol. The van der Waals surface area contributed by atoms with Gasteiger partial charge in [0.1, 0.15) is 0 Å². The van der Waals surface area contributed by atoms with E-state index in [2.05, 4.69) is 19.2 Å². The van der Waals surface area contributed by atoms with Crippen molar-refractivity contribution in [3.63, 3.8) is 0 Å². The van der Waals surface area contributed by atoms with Crippen molar-refractivity contribution < 1.29 is 14.7 Å². The third kappa shape index (κ3) is 4.09. The summed E-state index contributed by atoms with van der Waals surface area (Å²) in [6, 6.07) is 6.17. The van der Waals surface area contributed by atoms with Crippen LogP contribution in [0, 0.1) is 5.92 Å². The summed E-state index contributed by atoms with van der Waals surface area (Å²) in [7, 11) is 0. The molecule has 0 fully saturated rings. The van der Waals surface area contributed by atoms with E-state index in [4.69, 9.17) is 5.11 Å². The largest absolute Gasteiger partial charge is 0.478 e. The van der Waals surface area contributed by atoms with Crippen LogP contribution in [0.1, 0.15) is 54.3 Å². The molecular formula is C15H21NO3. The van der Waals surface area contributed by atoms with Gasteiger partial charge < -0.3 is 10.4 Å². The van der Waals surface area contributed by atoms with Crippen molar-refractivity contribution in [1.29, 1.82) is 0 Å². The molecule has 4 nitrogen and oxygen atoms in total. The Hall–Kier alpha value is -1.84. The summed E-state index contributed by atoms with van der Waals surface area (Å²) in [5.41, 5.74) is 0.514. The highest BCUT2D eigenvalue weighted by Gasteiger charge is 2.17. The predicted molar refractivity (Wildman–Crippen MR) is 74.4 cm³/mol. The van der Waals surface area contributed by atoms with E-state index in [9.17, 15) is 9.59 Å². The second kappa shape index (κ2) is 6.92. The molecule has 0 heterocycles. The number of rotatable bonds is 6. The minimum atomic E-state index is -1.03. The lowest BCUT2D eigenvalue weighted by molar-refractivity contribution is 0.0697. The van der Waals surface area contributed by atoms with Gasteiger partial charge in [0.25, 0.3) is 5.91 Å². The quantitative estimate of drug-likeness (QED) is 0.829. The normalized spacial score (nSPS) is 12.2. The zero-order chi connectivity index (χ0) is 14.4. The summed E-state index contributed by atoms with van der Waals surface area (Å²) in [5.74, 6) is -0.809. The number of carbonyl (C=O) groups is 2. The van der Waals surface area contributed by atoms with Crippen LogP contribution in [0.5, 0.6) is 0 Å². The van der Waals surface area contributed by atoms with Crippen molar-refractivity contribution in [3.8, 4) is 0 Å². The number of amides is 1. The van der Waals surface area contributed by atoms with E-state index in [0.29, 0.717) is 11.5 Å². The number of carboxylic acid groups (broad SMARTS) is 1. The predicted octanol–water partition coefficient (Wildman–Crippen LogP) is 2.94. The molecule has 0 aliphatic heterocycles. The Morgan fingerprint density at radius 3 is 2.32 bits per heavy atom. The van der Waals surface area contributed by atoms with Gasteiger partial charge >= 0.3 is 5.97 Å². The first kappa shape index (κ1) is 15.2. The number of carboxylic acids is 1. The molecule has 2 N–H and O–H groups in total. The number of hydrogen-bond donors (Lipinski definition) is 2. The molecule has 1 rings (SSSR count). The molecule has 1 amide bonds. The van der Waals surface area contributed by atoms with E-state index in [1.54, 1.807) is 12.1 Å². The molecule has 0 bridgehead atoms. The molecule has 0 saturated carbocycles. The van der Waals surface area contributed by atoms with Gasteiger partial charge in [-0.1, -0.05) is 32.8 Å². The fourth-order valence-electron chi connectivity index (χ4n) is 2.20. The highest BCUT2D eigenvalue weighted by atomic mass is 16.4. The minimum absolute atomic E-state index is 0.0796. The first-order valence-electron chi connectivity index (χ1n) is 6.63. The topological polar surface area (TPSA) is 66.4 Å². The van der Waals surface area contributed by atoms with Gasteiger partial charge in [-0.25, -0.2) is 4.79 Å². The minimum Gasteiger partial charge on any atom is -0.478 e. The lowest BCUT2D eigenvalue weighted by Gasteiger charge is -2.22. The van der Waals surface area contributed by atoms with E-state index in [0.717, 1.165) is 12.8 Å². The molecular weight excluding hydrogens is 242 g/mol. The summed E-state index contributed by atoms with van der Waals surface area (Å²) in [5, 5.41) is 11.8. The zero-order valence-corrected chi connectivity index (χ0v) is 11.6. The first-order valence-corrected chi connectivity index (χ1v) is 6.63. The fourth-order valence-corrected chi connectivity index (χ4v) is 2.20. The van der Waals surface area contributed by atoms with E-state index < -0.39 is 5.97 Å². The van der Waals surface area contributed by atoms with Crippen molar-refractivity contribution in [1.82, 2.24) is 5.32 Å². The number of hydrogen-bond acceptors (Lipinski definition) is 2. The van der Waals surface area contributed by atoms with Gasteiger partial charge in [0, 0.05) is 11.6 Å². The van der Waals surface area contributed by atoms with E-state index >= 15 is 0 Å². The molecule has 104 valence electrons. The van der Waals surface area contributed by atoms with Gasteiger partial charge in [-0.2, -0.15) is 0 Å². The number of nitrogens with one attached hydrogen (secondary N) is 1. The van der Waals surface area contributed by atoms with E-state index in [1.807, 2.05) is 6.92 Å². The third-order valence-corrected chi connectivity index (χ3v) is 3.49. The Bertz CT molecular complexity index is 452. The van der Waals surface area contributed by atoms with Crippen molar-refractivity contribution in [3.05, 3.63) is 35.4 Å². The molecule has 4 heteroatoms. The molecule has 1 aromatic carbocycles. The first-order chi connectivity index (χ1) is 8.99. The Kier molecular flexibility index (Phi) is 5.55. The lowest BCUT2D eigenvalue weighted by atomic mass is 9.95. The summed E-state index contributed by atoms with van der Waals surface area (Å²) >= 11 is 0. The maximum Gasteiger partial charge on any atom is 0.335 e. The number of aromatic carboxylic acids is 1. The van der Waals surface area contributed by atoms with Crippen LogP contribution in [0.4, 0.5) is 0 Å². The van der Waals surface area contributed by atoms with Crippen LogP contribution in [-0.2, 0) is 0 Å². The highest BCUT2D eigenvalue weighted by Crippen LogP contribution is 2.13. The van der Waals surface area contributed by atoms with Crippen molar-refractivity contribution in [2.24, 2.45) is 5.92 Å². The van der Waals surface area contributed by atoms with Gasteiger partial charge in [0.2, 0.25) is 0 Å². The Balaban J connectivity index is 2.78. The molecule has 0 aliphatic rings. The molecule has 0 aromatic heterocycles. The summed E-state index contributed by atoms with van der Waals surface area (Å²) in [6.07, 6.45) is 2.01. The molecule has 1 aromatic rings. The van der Waals surface area contributed by atoms with Crippen molar-refractivity contribution >= 4 is 11.9 Å². The molecule has 0 aliphatic carbocycles. The van der Waals surface area contributed by atoms with Gasteiger partial charge in [-0.05, 0) is 31.0 Å². The fraction of sp³-hybridized carbons (Fsp3) is 0.467. The molecule has 0 saturated heterocycles. The summed E-state index contributed by atoms with van der Waals surface area (Å²) < 4.78 is 0. The smallest absolute Gasteiger partial charge is 0.335 e. The van der Waals surface area contributed by atoms with Crippen molar-refractivity contribution in [2.75, 3.05) is 0 Å². The van der Waals surface area contributed by atoms with Crippen LogP contribution in [0.2, 0.25) is 0 Å². The van der Waals surface area contributed by atoms with Gasteiger partial charge in [0.05, 0.1) is 5.56 Å². The SMILES string of the molecule is CCC(CC)C(C)NC(=O)c1cccc(C(=O)O)c1. The van der Waals surface area contributed by atoms with E-state index in [-0.39, 0.29) is 17.5 Å². The number of carbonyl (C=O) groups excluding carboxylic acids is 1. The third-order valence-electron chi connectivity index (χ3n) is 3.49. The van der Waals surface area contributed by atoms with E-state index in [1.165, 1.54) is 12.1 Å². The standard InChI is InChI=1S/C15H21NO3/c1-4-11(5-2)10(3)16-14(17)12-7-6-8-13(9-12)15(18)19/h6-11H,4-5H2,1-3H3,(H,16,17)(H,18,19). The summed E-state index contributed by atoms with van der Waals surface area (Å²) in [6.45, 7) is 6.18. The maximum atomic E-state index is 12.1. The van der Waals surface area contributed by atoms with Gasteiger partial charge in [0.15, 0.2) is 0 Å². The molecule has 0 spiro atoms. The molecule has 0 radical (unpaired) electrons. The average molecular weight is 263 g/mol. The van der Waals surface area contributed by atoms with Crippen LogP contribution >= 0.6 is 0 Å². The van der Waals surface area contributed by atoms with Crippen molar-refractivity contribution in [2.45, 2.75) is 39.7 Å². The summed E-state index contributed by atoms with van der Waals surface area (Å²) in [4.78, 5) is 22.9. The maximum absolute atomic E-state index is 12.1.